The minimum absolute atomic E-state index is 0.196. The smallest absolute Gasteiger partial charge is 0.328 e. The van der Waals surface area contributed by atoms with Gasteiger partial charge in [-0.3, -0.25) is 4.79 Å². The minimum Gasteiger partial charge on any atom is -0.478 e. The first-order chi connectivity index (χ1) is 9.95. The molecule has 1 fully saturated rings. The van der Waals surface area contributed by atoms with Crippen molar-refractivity contribution in [1.29, 1.82) is 0 Å². The topological polar surface area (TPSA) is 75.4 Å². The number of hydrogen-bond acceptors (Lipinski definition) is 4. The van der Waals surface area contributed by atoms with E-state index in [1.54, 1.807) is 19.2 Å². The maximum Gasteiger partial charge on any atom is 0.328 e. The fourth-order valence-electron chi connectivity index (χ4n) is 2.63. The summed E-state index contributed by atoms with van der Waals surface area (Å²) < 4.78 is 1.28. The van der Waals surface area contributed by atoms with E-state index in [2.05, 4.69) is 16.9 Å². The molecule has 21 heavy (non-hydrogen) atoms. The van der Waals surface area contributed by atoms with Gasteiger partial charge in [0.25, 0.3) is 5.56 Å². The highest BCUT2D eigenvalue weighted by molar-refractivity contribution is 5.80. The molecule has 2 rings (SSSR count). The van der Waals surface area contributed by atoms with E-state index in [1.165, 1.54) is 11.1 Å². The van der Waals surface area contributed by atoms with Gasteiger partial charge >= 0.3 is 5.97 Å². The lowest BCUT2D eigenvalue weighted by atomic mass is 10.00. The van der Waals surface area contributed by atoms with Crippen molar-refractivity contribution in [1.82, 2.24) is 9.78 Å². The predicted molar refractivity (Wildman–Crippen MR) is 80.5 cm³/mol. The predicted octanol–water partition coefficient (Wildman–Crippen LogP) is 1.51. The van der Waals surface area contributed by atoms with Gasteiger partial charge in [-0.25, -0.2) is 9.48 Å². The number of aliphatic carboxylic acids is 1. The average molecular weight is 291 g/mol. The van der Waals surface area contributed by atoms with Crippen molar-refractivity contribution >= 4 is 11.7 Å². The van der Waals surface area contributed by atoms with Crippen LogP contribution in [0.2, 0.25) is 0 Å². The highest BCUT2D eigenvalue weighted by Crippen LogP contribution is 2.20. The Hall–Kier alpha value is -2.11. The van der Waals surface area contributed by atoms with Crippen LogP contribution in [0, 0.1) is 5.92 Å². The van der Waals surface area contributed by atoms with Crippen molar-refractivity contribution in [2.75, 3.05) is 18.0 Å². The van der Waals surface area contributed by atoms with Crippen molar-refractivity contribution < 1.29 is 9.90 Å². The highest BCUT2D eigenvalue weighted by Gasteiger charge is 2.17. The summed E-state index contributed by atoms with van der Waals surface area (Å²) in [6.07, 6.45) is 5.13. The molecule has 6 heteroatoms. The molecule has 0 aromatic carbocycles. The highest BCUT2D eigenvalue weighted by atomic mass is 16.4. The number of nitrogens with zero attached hydrogens (tertiary/aromatic N) is 3. The van der Waals surface area contributed by atoms with Gasteiger partial charge in [0, 0.05) is 25.2 Å². The lowest BCUT2D eigenvalue weighted by Crippen LogP contribution is -2.35. The lowest BCUT2D eigenvalue weighted by Gasteiger charge is -2.32. The maximum absolute atomic E-state index is 12.1. The first-order valence-electron chi connectivity index (χ1n) is 7.18. The second-order valence-electron chi connectivity index (χ2n) is 5.73. The number of carboxylic acid groups (broad SMARTS) is 1. The van der Waals surface area contributed by atoms with E-state index in [9.17, 15) is 9.59 Å². The Morgan fingerprint density at radius 1 is 1.57 bits per heavy atom. The number of carbonyl (C=O) groups is 1. The van der Waals surface area contributed by atoms with Gasteiger partial charge in [0.1, 0.15) is 0 Å². The number of rotatable bonds is 4. The molecule has 1 aliphatic heterocycles. The van der Waals surface area contributed by atoms with Crippen LogP contribution in [0.25, 0.3) is 0 Å². The third kappa shape index (κ3) is 4.18. The summed E-state index contributed by atoms with van der Waals surface area (Å²) in [6.45, 7) is 5.97. The van der Waals surface area contributed by atoms with Crippen LogP contribution in [-0.4, -0.2) is 33.9 Å². The summed E-state index contributed by atoms with van der Waals surface area (Å²) in [5, 5.41) is 12.8. The quantitative estimate of drug-likeness (QED) is 0.851. The molecular formula is C15H21N3O3. The van der Waals surface area contributed by atoms with Gasteiger partial charge in [-0.2, -0.15) is 5.10 Å². The van der Waals surface area contributed by atoms with Gasteiger partial charge in [-0.1, -0.05) is 6.92 Å². The molecule has 1 saturated heterocycles. The third-order valence-electron chi connectivity index (χ3n) is 3.65. The largest absolute Gasteiger partial charge is 0.478 e. The molecule has 0 bridgehead atoms. The second kappa shape index (κ2) is 6.56. The normalized spacial score (nSPS) is 19.6. The zero-order valence-corrected chi connectivity index (χ0v) is 12.5. The third-order valence-corrected chi connectivity index (χ3v) is 3.65. The monoisotopic (exact) mass is 291 g/mol. The van der Waals surface area contributed by atoms with Gasteiger partial charge in [0.15, 0.2) is 0 Å². The van der Waals surface area contributed by atoms with Crippen molar-refractivity contribution in [3.63, 3.8) is 0 Å². The first kappa shape index (κ1) is 15.3. The van der Waals surface area contributed by atoms with Crippen LogP contribution in [0.1, 0.15) is 26.7 Å². The number of piperidine rings is 1. The Kier molecular flexibility index (Phi) is 4.77. The molecule has 1 aliphatic rings. The van der Waals surface area contributed by atoms with Crippen LogP contribution < -0.4 is 10.5 Å². The van der Waals surface area contributed by atoms with Gasteiger partial charge in [-0.05, 0) is 31.3 Å². The molecule has 2 heterocycles. The van der Waals surface area contributed by atoms with E-state index in [1.807, 2.05) is 0 Å². The minimum atomic E-state index is -1.01. The molecule has 6 nitrogen and oxygen atoms in total. The summed E-state index contributed by atoms with van der Waals surface area (Å²) >= 11 is 0. The number of carboxylic acids is 1. The van der Waals surface area contributed by atoms with Gasteiger partial charge in [0.05, 0.1) is 18.4 Å². The van der Waals surface area contributed by atoms with Crippen molar-refractivity contribution in [2.45, 2.75) is 33.2 Å². The van der Waals surface area contributed by atoms with Gasteiger partial charge < -0.3 is 10.0 Å². The van der Waals surface area contributed by atoms with Crippen LogP contribution >= 0.6 is 0 Å². The van der Waals surface area contributed by atoms with Crippen molar-refractivity contribution in [2.24, 2.45) is 5.92 Å². The molecular weight excluding hydrogens is 270 g/mol. The number of anilines is 1. The fourth-order valence-corrected chi connectivity index (χ4v) is 2.63. The summed E-state index contributed by atoms with van der Waals surface area (Å²) in [6, 6.07) is 1.58. The van der Waals surface area contributed by atoms with E-state index in [-0.39, 0.29) is 12.1 Å². The van der Waals surface area contributed by atoms with Crippen LogP contribution in [-0.2, 0) is 11.3 Å². The molecule has 0 aliphatic carbocycles. The first-order valence-corrected chi connectivity index (χ1v) is 7.18. The Labute approximate surface area is 123 Å². The molecule has 0 saturated carbocycles. The van der Waals surface area contributed by atoms with Crippen LogP contribution in [0.5, 0.6) is 0 Å². The Morgan fingerprint density at radius 3 is 2.95 bits per heavy atom. The second-order valence-corrected chi connectivity index (χ2v) is 5.73. The fraction of sp³-hybridized carbons (Fsp3) is 0.533. The number of hydrogen-bond donors (Lipinski definition) is 1. The molecule has 1 unspecified atom stereocenters. The lowest BCUT2D eigenvalue weighted by molar-refractivity contribution is -0.131. The Morgan fingerprint density at radius 2 is 2.33 bits per heavy atom. The Balaban J connectivity index is 2.14. The van der Waals surface area contributed by atoms with Crippen molar-refractivity contribution in [3.05, 3.63) is 34.3 Å². The Bertz CT molecular complexity index is 606. The number of allylic oxidation sites excluding steroid dienone is 1. The van der Waals surface area contributed by atoms with E-state index in [0.717, 1.165) is 31.3 Å². The molecule has 0 amide bonds. The van der Waals surface area contributed by atoms with Gasteiger partial charge in [-0.15, -0.1) is 0 Å². The average Bonchev–Trinajstić information content (AvgIpc) is 2.40. The summed E-state index contributed by atoms with van der Waals surface area (Å²) in [7, 11) is 0. The van der Waals surface area contributed by atoms with E-state index >= 15 is 0 Å². The molecule has 1 N–H and O–H groups in total. The molecule has 114 valence electrons. The molecule has 1 aromatic rings. The van der Waals surface area contributed by atoms with Crippen LogP contribution in [0.15, 0.2) is 28.7 Å². The van der Waals surface area contributed by atoms with E-state index < -0.39 is 5.97 Å². The zero-order chi connectivity index (χ0) is 15.4. The van der Waals surface area contributed by atoms with E-state index in [0.29, 0.717) is 11.5 Å². The molecule has 0 radical (unpaired) electrons. The molecule has 0 spiro atoms. The summed E-state index contributed by atoms with van der Waals surface area (Å²) in [5.74, 6) is -0.388. The number of aromatic nitrogens is 2. The van der Waals surface area contributed by atoms with Gasteiger partial charge in [0.2, 0.25) is 0 Å². The standard InChI is InChI=1S/C15H21N3O3/c1-11-4-3-5-17(9-11)13-7-14(19)18(16-8-13)10-12(2)6-15(20)21/h6-8,11H,3-5,9-10H2,1-2H3,(H,20,21). The summed E-state index contributed by atoms with van der Waals surface area (Å²) in [5.41, 5.74) is 1.22. The maximum atomic E-state index is 12.1. The molecule has 1 aromatic heterocycles. The van der Waals surface area contributed by atoms with Crippen molar-refractivity contribution in [3.8, 4) is 0 Å². The molecule has 1 atom stereocenters. The van der Waals surface area contributed by atoms with E-state index in [4.69, 9.17) is 5.11 Å². The zero-order valence-electron chi connectivity index (χ0n) is 12.5. The SMILES string of the molecule is CC(=CC(=O)O)Cn1ncc(N2CCCC(C)C2)cc1=O. The van der Waals surface area contributed by atoms with Crippen LogP contribution in [0.4, 0.5) is 5.69 Å². The summed E-state index contributed by atoms with van der Waals surface area (Å²) in [4.78, 5) is 24.9. The van der Waals surface area contributed by atoms with Crippen LogP contribution in [0.3, 0.4) is 0 Å².